The number of rotatable bonds is 14. The summed E-state index contributed by atoms with van der Waals surface area (Å²) in [6.45, 7) is 3.47. The van der Waals surface area contributed by atoms with Crippen LogP contribution in [0.25, 0.3) is 0 Å². The first kappa shape index (κ1) is 34.9. The lowest BCUT2D eigenvalue weighted by Gasteiger charge is -2.34. The zero-order valence-corrected chi connectivity index (χ0v) is 28.0. The Bertz CT molecular complexity index is 1740. The van der Waals surface area contributed by atoms with Crippen molar-refractivity contribution in [3.05, 3.63) is 130 Å². The normalized spacial score (nSPS) is 11.9. The lowest BCUT2D eigenvalue weighted by atomic mass is 10.0. The zero-order valence-electron chi connectivity index (χ0n) is 25.6. The minimum atomic E-state index is -4.35. The van der Waals surface area contributed by atoms with Crippen LogP contribution in [0.1, 0.15) is 36.5 Å². The van der Waals surface area contributed by atoms with E-state index in [1.165, 1.54) is 59.5 Å². The molecule has 0 spiro atoms. The van der Waals surface area contributed by atoms with E-state index in [9.17, 15) is 22.4 Å². The van der Waals surface area contributed by atoms with E-state index in [1.807, 2.05) is 44.2 Å². The summed E-state index contributed by atoms with van der Waals surface area (Å²) in [4.78, 5) is 29.6. The van der Waals surface area contributed by atoms with Gasteiger partial charge in [-0.3, -0.25) is 13.9 Å². The average molecular weight is 685 g/mol. The Morgan fingerprint density at radius 1 is 0.891 bits per heavy atom. The molecule has 4 aromatic carbocycles. The molecule has 0 aliphatic rings. The van der Waals surface area contributed by atoms with Crippen LogP contribution in [0.15, 0.2) is 102 Å². The molecule has 4 rings (SSSR count). The van der Waals surface area contributed by atoms with Gasteiger partial charge in [0.2, 0.25) is 11.8 Å². The smallest absolute Gasteiger partial charge is 0.264 e. The molecule has 4 aromatic rings. The van der Waals surface area contributed by atoms with Crippen molar-refractivity contribution in [2.45, 2.75) is 50.6 Å². The number of unbranched alkanes of at least 4 members (excludes halogenated alkanes) is 1. The second-order valence-electron chi connectivity index (χ2n) is 10.9. The Kier molecular flexibility index (Phi) is 12.2. The number of anilines is 1. The first-order valence-electron chi connectivity index (χ1n) is 14.9. The molecular formula is C35H36Cl2FN3O4S. The van der Waals surface area contributed by atoms with E-state index in [1.54, 1.807) is 12.1 Å². The van der Waals surface area contributed by atoms with E-state index in [0.717, 1.165) is 28.3 Å². The van der Waals surface area contributed by atoms with E-state index in [-0.39, 0.29) is 39.5 Å². The van der Waals surface area contributed by atoms with Crippen molar-refractivity contribution in [1.29, 1.82) is 0 Å². The maximum atomic E-state index is 14.5. The second-order valence-corrected chi connectivity index (χ2v) is 13.6. The molecule has 0 bridgehead atoms. The van der Waals surface area contributed by atoms with Crippen LogP contribution in [0, 0.1) is 12.7 Å². The number of aryl methyl sites for hydroxylation is 1. The fraction of sp³-hybridized carbons (Fsp3) is 0.257. The Hall–Kier alpha value is -3.92. The van der Waals surface area contributed by atoms with Gasteiger partial charge in [-0.05, 0) is 66.9 Å². The number of carbonyl (C=O) groups excluding carboxylic acids is 2. The van der Waals surface area contributed by atoms with Gasteiger partial charge in [-0.2, -0.15) is 0 Å². The second kappa shape index (κ2) is 16.1. The van der Waals surface area contributed by atoms with Crippen molar-refractivity contribution >= 4 is 50.7 Å². The van der Waals surface area contributed by atoms with Gasteiger partial charge in [-0.15, -0.1) is 0 Å². The highest BCUT2D eigenvalue weighted by Gasteiger charge is 2.35. The molecule has 2 amide bonds. The maximum Gasteiger partial charge on any atom is 0.264 e. The number of nitrogens with zero attached hydrogens (tertiary/aromatic N) is 2. The number of benzene rings is 4. The molecule has 0 unspecified atom stereocenters. The van der Waals surface area contributed by atoms with Crippen molar-refractivity contribution in [3.8, 4) is 0 Å². The molecule has 46 heavy (non-hydrogen) atoms. The van der Waals surface area contributed by atoms with Crippen LogP contribution in [0.5, 0.6) is 0 Å². The average Bonchev–Trinajstić information content (AvgIpc) is 3.04. The molecule has 1 N–H and O–H groups in total. The summed E-state index contributed by atoms with van der Waals surface area (Å²) in [5.74, 6) is -1.50. The van der Waals surface area contributed by atoms with Gasteiger partial charge >= 0.3 is 0 Å². The SMILES string of the molecule is CCCCNC(=O)[C@H](Cc1ccccc1)N(Cc1ccc(F)cc1)C(=O)CN(c1cc(Cl)ccc1Cl)S(=O)(=O)c1ccc(C)cc1. The summed E-state index contributed by atoms with van der Waals surface area (Å²) in [6, 6.07) is 24.4. The van der Waals surface area contributed by atoms with Gasteiger partial charge in [-0.1, -0.05) is 96.7 Å². The molecule has 11 heteroatoms. The first-order chi connectivity index (χ1) is 22.0. The number of amides is 2. The maximum absolute atomic E-state index is 14.5. The monoisotopic (exact) mass is 683 g/mol. The number of hydrogen-bond acceptors (Lipinski definition) is 4. The van der Waals surface area contributed by atoms with E-state index >= 15 is 0 Å². The Morgan fingerprint density at radius 3 is 2.22 bits per heavy atom. The Labute approximate surface area is 280 Å². The topological polar surface area (TPSA) is 86.8 Å². The number of sulfonamides is 1. The quantitative estimate of drug-likeness (QED) is 0.143. The number of halogens is 3. The molecule has 242 valence electrons. The summed E-state index contributed by atoms with van der Waals surface area (Å²) < 4.78 is 43.1. The Balaban J connectivity index is 1.81. The van der Waals surface area contributed by atoms with Crippen molar-refractivity contribution < 1.29 is 22.4 Å². The minimum absolute atomic E-state index is 0.0110. The molecule has 0 aliphatic carbocycles. The van der Waals surface area contributed by atoms with E-state index in [4.69, 9.17) is 23.2 Å². The number of hydrogen-bond donors (Lipinski definition) is 1. The summed E-state index contributed by atoms with van der Waals surface area (Å²) >= 11 is 12.8. The van der Waals surface area contributed by atoms with Gasteiger partial charge in [-0.25, -0.2) is 12.8 Å². The van der Waals surface area contributed by atoms with Crippen LogP contribution in [-0.4, -0.2) is 44.3 Å². The summed E-state index contributed by atoms with van der Waals surface area (Å²) in [5, 5.41) is 3.22. The number of carbonyl (C=O) groups is 2. The van der Waals surface area contributed by atoms with Crippen molar-refractivity contribution in [2.24, 2.45) is 0 Å². The fourth-order valence-electron chi connectivity index (χ4n) is 4.87. The molecular weight excluding hydrogens is 648 g/mol. The predicted molar refractivity (Wildman–Crippen MR) is 181 cm³/mol. The first-order valence-corrected chi connectivity index (χ1v) is 17.1. The van der Waals surface area contributed by atoms with Gasteiger partial charge in [0.25, 0.3) is 10.0 Å². The molecule has 0 saturated heterocycles. The van der Waals surface area contributed by atoms with Gasteiger partial charge in [0, 0.05) is 24.5 Å². The molecule has 0 fully saturated rings. The largest absolute Gasteiger partial charge is 0.354 e. The highest BCUT2D eigenvalue weighted by molar-refractivity contribution is 7.92. The zero-order chi connectivity index (χ0) is 33.3. The van der Waals surface area contributed by atoms with Crippen LogP contribution in [0.2, 0.25) is 10.0 Å². The van der Waals surface area contributed by atoms with Gasteiger partial charge < -0.3 is 10.2 Å². The van der Waals surface area contributed by atoms with Crippen LogP contribution in [-0.2, 0) is 32.6 Å². The molecule has 0 aliphatic heterocycles. The van der Waals surface area contributed by atoms with E-state index in [0.29, 0.717) is 12.1 Å². The Morgan fingerprint density at radius 2 is 1.57 bits per heavy atom. The molecule has 0 saturated carbocycles. The highest BCUT2D eigenvalue weighted by atomic mass is 35.5. The molecule has 1 atom stereocenters. The predicted octanol–water partition coefficient (Wildman–Crippen LogP) is 7.19. The molecule has 0 radical (unpaired) electrons. The third kappa shape index (κ3) is 9.09. The van der Waals surface area contributed by atoms with Crippen LogP contribution in [0.3, 0.4) is 0 Å². The van der Waals surface area contributed by atoms with Crippen LogP contribution >= 0.6 is 23.2 Å². The van der Waals surface area contributed by atoms with Crippen LogP contribution in [0.4, 0.5) is 10.1 Å². The van der Waals surface area contributed by atoms with Crippen molar-refractivity contribution in [2.75, 3.05) is 17.4 Å². The van der Waals surface area contributed by atoms with Crippen molar-refractivity contribution in [3.63, 3.8) is 0 Å². The lowest BCUT2D eigenvalue weighted by Crippen LogP contribution is -2.53. The highest BCUT2D eigenvalue weighted by Crippen LogP contribution is 2.33. The third-order valence-corrected chi connectivity index (χ3v) is 9.76. The standard InChI is InChI=1S/C35H36Cl2FN3O4S/c1-3-4-20-39-35(43)33(21-26-8-6-5-7-9-26)40(23-27-12-15-29(38)16-13-27)34(42)24-41(32-22-28(36)14-19-31(32)37)46(44,45)30-17-10-25(2)11-18-30/h5-19,22,33H,3-4,20-21,23-24H2,1-2H3,(H,39,43)/t33-/m0/s1. The fourth-order valence-corrected chi connectivity index (χ4v) is 6.74. The van der Waals surface area contributed by atoms with E-state index in [2.05, 4.69) is 5.32 Å². The number of nitrogens with one attached hydrogen (secondary N) is 1. The summed E-state index contributed by atoms with van der Waals surface area (Å²) in [6.07, 6.45) is 1.76. The molecule has 0 aromatic heterocycles. The summed E-state index contributed by atoms with van der Waals surface area (Å²) in [7, 11) is -4.35. The van der Waals surface area contributed by atoms with Gasteiger partial charge in [0.1, 0.15) is 18.4 Å². The molecule has 0 heterocycles. The molecule has 7 nitrogen and oxygen atoms in total. The van der Waals surface area contributed by atoms with Gasteiger partial charge in [0.05, 0.1) is 15.6 Å². The summed E-state index contributed by atoms with van der Waals surface area (Å²) in [5.41, 5.74) is 2.22. The minimum Gasteiger partial charge on any atom is -0.354 e. The van der Waals surface area contributed by atoms with E-state index < -0.39 is 34.3 Å². The third-order valence-electron chi connectivity index (χ3n) is 7.43. The van der Waals surface area contributed by atoms with Gasteiger partial charge in [0.15, 0.2) is 0 Å². The van der Waals surface area contributed by atoms with Crippen molar-refractivity contribution in [1.82, 2.24) is 10.2 Å². The van der Waals surface area contributed by atoms with Crippen LogP contribution < -0.4 is 9.62 Å². The lowest BCUT2D eigenvalue weighted by molar-refractivity contribution is -0.140.